The number of fused-ring (bicyclic) bond motifs is 5. The minimum Gasteiger partial charge on any atom is -0.346 e. The Morgan fingerprint density at radius 1 is 0.963 bits per heavy atom. The number of amides is 1. The highest BCUT2D eigenvalue weighted by Gasteiger charge is 2.41. The normalized spacial score (nSPS) is 18.0. The molecule has 0 aromatic heterocycles. The topological polar surface area (TPSA) is 23.6 Å². The Morgan fingerprint density at radius 3 is 2.59 bits per heavy atom. The molecule has 0 unspecified atom stereocenters. The second kappa shape index (κ2) is 6.43. The zero-order valence-corrected chi connectivity index (χ0v) is 15.6. The molecular formula is C23H19ClN2O. The quantitative estimate of drug-likeness (QED) is 0.626. The van der Waals surface area contributed by atoms with Crippen LogP contribution in [0.3, 0.4) is 0 Å². The Labute approximate surface area is 163 Å². The Morgan fingerprint density at radius 2 is 1.74 bits per heavy atom. The number of anilines is 1. The molecule has 0 aliphatic carbocycles. The van der Waals surface area contributed by atoms with Crippen molar-refractivity contribution in [3.63, 3.8) is 0 Å². The third kappa shape index (κ3) is 2.70. The number of benzene rings is 3. The van der Waals surface area contributed by atoms with Crippen molar-refractivity contribution in [2.45, 2.75) is 19.1 Å². The largest absolute Gasteiger partial charge is 0.346 e. The van der Waals surface area contributed by atoms with Gasteiger partial charge >= 0.3 is 0 Å². The molecule has 1 amide bonds. The minimum atomic E-state index is -0.0867. The molecule has 4 heteroatoms. The summed E-state index contributed by atoms with van der Waals surface area (Å²) in [6, 6.07) is 24.3. The predicted molar refractivity (Wildman–Crippen MR) is 108 cm³/mol. The minimum absolute atomic E-state index is 0.0364. The third-order valence-corrected chi connectivity index (χ3v) is 5.74. The maximum Gasteiger partial charge on any atom is 0.258 e. The molecule has 2 heterocycles. The highest BCUT2D eigenvalue weighted by Crippen LogP contribution is 2.43. The molecule has 3 nitrogen and oxygen atoms in total. The van der Waals surface area contributed by atoms with Gasteiger partial charge in [-0.05, 0) is 41.3 Å². The first-order valence-corrected chi connectivity index (χ1v) is 9.59. The lowest BCUT2D eigenvalue weighted by Gasteiger charge is -2.48. The number of carbonyl (C=O) groups is 1. The van der Waals surface area contributed by atoms with E-state index >= 15 is 0 Å². The van der Waals surface area contributed by atoms with E-state index in [9.17, 15) is 4.79 Å². The summed E-state index contributed by atoms with van der Waals surface area (Å²) in [6.07, 6.45) is 0.888. The maximum atomic E-state index is 13.5. The van der Waals surface area contributed by atoms with Gasteiger partial charge in [0.1, 0.15) is 6.17 Å². The van der Waals surface area contributed by atoms with Crippen LogP contribution in [0.15, 0.2) is 72.8 Å². The molecule has 3 aromatic carbocycles. The summed E-state index contributed by atoms with van der Waals surface area (Å²) >= 11 is 6.22. The smallest absolute Gasteiger partial charge is 0.258 e. The van der Waals surface area contributed by atoms with Crippen LogP contribution in [0.1, 0.15) is 33.2 Å². The van der Waals surface area contributed by atoms with E-state index in [1.807, 2.05) is 35.2 Å². The standard InChI is InChI=1S/C23H19ClN2O/c24-18-10-11-21-20(14-18)23(27)26(15-16-6-2-1-3-7-16)22-19-9-5-4-8-17(19)12-13-25(21)22/h1-11,14,22H,12-13,15H2/t22-/m1/s1. The summed E-state index contributed by atoms with van der Waals surface area (Å²) in [5, 5.41) is 0.595. The first-order valence-electron chi connectivity index (χ1n) is 9.21. The van der Waals surface area contributed by atoms with Gasteiger partial charge in [0.25, 0.3) is 5.91 Å². The lowest BCUT2D eigenvalue weighted by atomic mass is 9.91. The van der Waals surface area contributed by atoms with Crippen molar-refractivity contribution in [2.75, 3.05) is 11.4 Å². The van der Waals surface area contributed by atoms with Crippen molar-refractivity contribution in [1.82, 2.24) is 4.90 Å². The molecule has 134 valence electrons. The van der Waals surface area contributed by atoms with Crippen molar-refractivity contribution in [3.8, 4) is 0 Å². The van der Waals surface area contributed by atoms with Gasteiger partial charge in [-0.2, -0.15) is 0 Å². The molecule has 0 spiro atoms. The molecule has 2 aliphatic heterocycles. The van der Waals surface area contributed by atoms with Gasteiger partial charge < -0.3 is 9.80 Å². The van der Waals surface area contributed by atoms with Crippen LogP contribution >= 0.6 is 11.6 Å². The van der Waals surface area contributed by atoms with Crippen molar-refractivity contribution >= 4 is 23.2 Å². The average molecular weight is 375 g/mol. The fourth-order valence-electron chi connectivity index (χ4n) is 4.27. The number of halogens is 1. The zero-order valence-electron chi connectivity index (χ0n) is 14.8. The highest BCUT2D eigenvalue weighted by molar-refractivity contribution is 6.31. The molecule has 0 N–H and O–H groups in total. The van der Waals surface area contributed by atoms with Gasteiger partial charge in [-0.3, -0.25) is 4.79 Å². The predicted octanol–water partition coefficient (Wildman–Crippen LogP) is 5.06. The third-order valence-electron chi connectivity index (χ3n) is 5.50. The summed E-state index contributed by atoms with van der Waals surface area (Å²) < 4.78 is 0. The summed E-state index contributed by atoms with van der Waals surface area (Å²) in [4.78, 5) is 17.8. The lowest BCUT2D eigenvalue weighted by molar-refractivity contribution is 0.0622. The molecule has 0 saturated heterocycles. The van der Waals surface area contributed by atoms with Crippen LogP contribution in [0.4, 0.5) is 5.69 Å². The van der Waals surface area contributed by atoms with Gasteiger partial charge in [0.2, 0.25) is 0 Å². The Hall–Kier alpha value is -2.78. The summed E-state index contributed by atoms with van der Waals surface area (Å²) in [6.45, 7) is 1.45. The van der Waals surface area contributed by atoms with Crippen LogP contribution in [0.25, 0.3) is 0 Å². The Balaban J connectivity index is 1.67. The van der Waals surface area contributed by atoms with Crippen LogP contribution in [0.2, 0.25) is 5.02 Å². The van der Waals surface area contributed by atoms with E-state index in [-0.39, 0.29) is 12.1 Å². The number of hydrogen-bond acceptors (Lipinski definition) is 2. The molecule has 0 radical (unpaired) electrons. The summed E-state index contributed by atoms with van der Waals surface area (Å²) in [5.41, 5.74) is 5.33. The molecule has 27 heavy (non-hydrogen) atoms. The zero-order chi connectivity index (χ0) is 18.4. The van der Waals surface area contributed by atoms with Gasteiger partial charge in [0, 0.05) is 18.1 Å². The number of nitrogens with zero attached hydrogens (tertiary/aromatic N) is 2. The van der Waals surface area contributed by atoms with Gasteiger partial charge in [-0.25, -0.2) is 0 Å². The average Bonchev–Trinajstić information content (AvgIpc) is 2.71. The van der Waals surface area contributed by atoms with Crippen molar-refractivity contribution in [3.05, 3.63) is 100 Å². The molecule has 0 fully saturated rings. The lowest BCUT2D eigenvalue weighted by Crippen LogP contribution is -2.51. The van der Waals surface area contributed by atoms with Crippen LogP contribution in [0.5, 0.6) is 0 Å². The summed E-state index contributed by atoms with van der Waals surface area (Å²) in [7, 11) is 0. The van der Waals surface area contributed by atoms with Crippen molar-refractivity contribution < 1.29 is 4.79 Å². The molecule has 2 aliphatic rings. The SMILES string of the molecule is O=C1c2cc(Cl)ccc2N2CCc3ccccc3[C@H]2N1Cc1ccccc1. The van der Waals surface area contributed by atoms with Gasteiger partial charge in [-0.15, -0.1) is 0 Å². The fourth-order valence-corrected chi connectivity index (χ4v) is 4.44. The Kier molecular flexibility index (Phi) is 3.91. The molecule has 0 saturated carbocycles. The van der Waals surface area contributed by atoms with Crippen LogP contribution < -0.4 is 4.90 Å². The first-order chi connectivity index (χ1) is 13.2. The van der Waals surface area contributed by atoms with Gasteiger partial charge in [0.05, 0.1) is 11.3 Å². The summed E-state index contributed by atoms with van der Waals surface area (Å²) in [5.74, 6) is 0.0364. The van der Waals surface area contributed by atoms with E-state index in [2.05, 4.69) is 41.3 Å². The van der Waals surface area contributed by atoms with E-state index in [0.29, 0.717) is 17.1 Å². The van der Waals surface area contributed by atoms with Crippen molar-refractivity contribution in [1.29, 1.82) is 0 Å². The second-order valence-corrected chi connectivity index (χ2v) is 7.53. The molecule has 1 atom stereocenters. The van der Waals surface area contributed by atoms with Crippen molar-refractivity contribution in [2.24, 2.45) is 0 Å². The fraction of sp³-hybridized carbons (Fsp3) is 0.174. The van der Waals surface area contributed by atoms with E-state index < -0.39 is 0 Å². The molecular weight excluding hydrogens is 356 g/mol. The Bertz CT molecular complexity index is 1020. The first kappa shape index (κ1) is 16.4. The van der Waals surface area contributed by atoms with Gasteiger partial charge in [-0.1, -0.05) is 66.2 Å². The van der Waals surface area contributed by atoms with E-state index in [0.717, 1.165) is 24.2 Å². The molecule has 5 rings (SSSR count). The van der Waals surface area contributed by atoms with E-state index in [1.54, 1.807) is 6.07 Å². The van der Waals surface area contributed by atoms with E-state index in [4.69, 9.17) is 11.6 Å². The maximum absolute atomic E-state index is 13.5. The van der Waals surface area contributed by atoms with Crippen LogP contribution in [0, 0.1) is 0 Å². The van der Waals surface area contributed by atoms with Crippen LogP contribution in [-0.2, 0) is 13.0 Å². The number of rotatable bonds is 2. The van der Waals surface area contributed by atoms with Crippen LogP contribution in [-0.4, -0.2) is 17.4 Å². The number of carbonyl (C=O) groups excluding carboxylic acids is 1. The monoisotopic (exact) mass is 374 g/mol. The highest BCUT2D eigenvalue weighted by atomic mass is 35.5. The molecule has 3 aromatic rings. The van der Waals surface area contributed by atoms with E-state index in [1.165, 1.54) is 11.1 Å². The second-order valence-electron chi connectivity index (χ2n) is 7.10. The van der Waals surface area contributed by atoms with Gasteiger partial charge in [0.15, 0.2) is 0 Å². The number of hydrogen-bond donors (Lipinski definition) is 0. The molecule has 0 bridgehead atoms.